The van der Waals surface area contributed by atoms with Crippen molar-refractivity contribution in [3.63, 3.8) is 0 Å². The molecule has 1 aromatic rings. The zero-order valence-corrected chi connectivity index (χ0v) is 7.42. The van der Waals surface area contributed by atoms with Gasteiger partial charge in [-0.1, -0.05) is 5.16 Å². The molecule has 0 unspecified atom stereocenters. The molecule has 0 saturated carbocycles. The van der Waals surface area contributed by atoms with Crippen LogP contribution >= 0.6 is 0 Å². The highest BCUT2D eigenvalue weighted by atomic mass is 19.4. The fourth-order valence-electron chi connectivity index (χ4n) is 0.837. The maximum absolute atomic E-state index is 12.2. The molecule has 0 radical (unpaired) electrons. The van der Waals surface area contributed by atoms with Gasteiger partial charge in [0.25, 0.3) is 11.7 Å². The van der Waals surface area contributed by atoms with Gasteiger partial charge in [0.05, 0.1) is 6.20 Å². The van der Waals surface area contributed by atoms with E-state index in [0.29, 0.717) is 0 Å². The summed E-state index contributed by atoms with van der Waals surface area (Å²) in [7, 11) is 2.69. The molecule has 1 rings (SSSR count). The van der Waals surface area contributed by atoms with Gasteiger partial charge in [-0.2, -0.15) is 13.2 Å². The van der Waals surface area contributed by atoms with Crippen molar-refractivity contribution in [2.24, 2.45) is 0 Å². The van der Waals surface area contributed by atoms with Gasteiger partial charge in [-0.15, -0.1) is 0 Å². The summed E-state index contributed by atoms with van der Waals surface area (Å²) in [5.41, 5.74) is -0.581. The van der Waals surface area contributed by atoms with E-state index in [1.165, 1.54) is 14.1 Å². The average Bonchev–Trinajstić information content (AvgIpc) is 2.48. The summed E-state index contributed by atoms with van der Waals surface area (Å²) in [4.78, 5) is 12.2. The van der Waals surface area contributed by atoms with Gasteiger partial charge in [0.1, 0.15) is 5.56 Å². The van der Waals surface area contributed by atoms with E-state index < -0.39 is 23.4 Å². The quantitative estimate of drug-likeness (QED) is 0.700. The van der Waals surface area contributed by atoms with Crippen LogP contribution < -0.4 is 0 Å². The summed E-state index contributed by atoms with van der Waals surface area (Å²) in [6, 6.07) is 0. The zero-order chi connectivity index (χ0) is 10.9. The molecule has 4 nitrogen and oxygen atoms in total. The molecule has 0 saturated heterocycles. The topological polar surface area (TPSA) is 46.3 Å². The Kier molecular flexibility index (Phi) is 2.50. The summed E-state index contributed by atoms with van der Waals surface area (Å²) in [6.45, 7) is 0. The summed E-state index contributed by atoms with van der Waals surface area (Å²) in [5, 5.41) is 2.95. The van der Waals surface area contributed by atoms with Crippen molar-refractivity contribution in [2.75, 3.05) is 14.1 Å². The van der Waals surface area contributed by atoms with E-state index in [1.807, 2.05) is 0 Å². The molecule has 0 N–H and O–H groups in total. The van der Waals surface area contributed by atoms with Gasteiger partial charge in [-0.25, -0.2) is 0 Å². The maximum Gasteiger partial charge on any atom is 0.453 e. The Morgan fingerprint density at radius 2 is 2.07 bits per heavy atom. The molecule has 0 atom stereocenters. The summed E-state index contributed by atoms with van der Waals surface area (Å²) in [6.07, 6.45) is -3.94. The molecule has 0 aliphatic heterocycles. The van der Waals surface area contributed by atoms with E-state index in [0.717, 1.165) is 11.1 Å². The van der Waals surface area contributed by atoms with Crippen LogP contribution in [0.1, 0.15) is 16.1 Å². The van der Waals surface area contributed by atoms with Crippen LogP contribution in [-0.2, 0) is 6.18 Å². The molecule has 0 aliphatic rings. The lowest BCUT2D eigenvalue weighted by atomic mass is 10.2. The number of carbonyl (C=O) groups excluding carboxylic acids is 1. The Bertz CT molecular complexity index is 343. The first-order valence-corrected chi connectivity index (χ1v) is 3.57. The second-order valence-electron chi connectivity index (χ2n) is 2.77. The van der Waals surface area contributed by atoms with Crippen molar-refractivity contribution in [3.8, 4) is 0 Å². The molecule has 7 heteroatoms. The first-order valence-electron chi connectivity index (χ1n) is 3.57. The van der Waals surface area contributed by atoms with E-state index in [9.17, 15) is 18.0 Å². The van der Waals surface area contributed by atoms with Gasteiger partial charge in [0, 0.05) is 14.1 Å². The third-order valence-electron chi connectivity index (χ3n) is 1.46. The average molecular weight is 208 g/mol. The second-order valence-corrected chi connectivity index (χ2v) is 2.77. The smallest absolute Gasteiger partial charge is 0.351 e. The molecule has 14 heavy (non-hydrogen) atoms. The molecule has 0 aliphatic carbocycles. The van der Waals surface area contributed by atoms with E-state index in [-0.39, 0.29) is 0 Å². The maximum atomic E-state index is 12.2. The highest BCUT2D eigenvalue weighted by molar-refractivity contribution is 5.94. The normalized spacial score (nSPS) is 11.5. The molecule has 1 amide bonds. The van der Waals surface area contributed by atoms with Crippen LogP contribution in [0.25, 0.3) is 0 Å². The van der Waals surface area contributed by atoms with Crippen molar-refractivity contribution >= 4 is 5.91 Å². The fraction of sp³-hybridized carbons (Fsp3) is 0.429. The Hall–Kier alpha value is -1.53. The van der Waals surface area contributed by atoms with Crippen LogP contribution in [0.5, 0.6) is 0 Å². The molecule has 0 spiro atoms. The highest BCUT2D eigenvalue weighted by Gasteiger charge is 2.40. The van der Waals surface area contributed by atoms with Crippen molar-refractivity contribution < 1.29 is 22.5 Å². The van der Waals surface area contributed by atoms with Crippen molar-refractivity contribution in [1.82, 2.24) is 10.1 Å². The third-order valence-corrected chi connectivity index (χ3v) is 1.46. The minimum atomic E-state index is -4.70. The van der Waals surface area contributed by atoms with Gasteiger partial charge in [0.15, 0.2) is 0 Å². The first kappa shape index (κ1) is 10.6. The van der Waals surface area contributed by atoms with E-state index in [1.54, 1.807) is 0 Å². The minimum Gasteiger partial charge on any atom is -0.351 e. The predicted octanol–water partition coefficient (Wildman–Crippen LogP) is 1.40. The van der Waals surface area contributed by atoms with Gasteiger partial charge in [-0.05, 0) is 0 Å². The second kappa shape index (κ2) is 3.32. The van der Waals surface area contributed by atoms with Crippen LogP contribution in [0.2, 0.25) is 0 Å². The minimum absolute atomic E-state index is 0.581. The zero-order valence-electron chi connectivity index (χ0n) is 7.42. The number of carbonyl (C=O) groups is 1. The molecule has 0 aromatic carbocycles. The Balaban J connectivity index is 3.12. The third kappa shape index (κ3) is 1.86. The lowest BCUT2D eigenvalue weighted by molar-refractivity contribution is -0.155. The number of hydrogen-bond acceptors (Lipinski definition) is 3. The molecule has 1 aromatic heterocycles. The van der Waals surface area contributed by atoms with Crippen molar-refractivity contribution in [3.05, 3.63) is 17.5 Å². The van der Waals surface area contributed by atoms with E-state index >= 15 is 0 Å². The van der Waals surface area contributed by atoms with Crippen molar-refractivity contribution in [1.29, 1.82) is 0 Å². The summed E-state index contributed by atoms with van der Waals surface area (Å²) in [5.74, 6) is -2.16. The standard InChI is InChI=1S/C7H7F3N2O2/c1-12(2)6(13)4-3-11-14-5(4)7(8,9)10/h3H,1-2H3. The largest absolute Gasteiger partial charge is 0.453 e. The molecule has 78 valence electrons. The molecule has 0 bridgehead atoms. The number of alkyl halides is 3. The Morgan fingerprint density at radius 3 is 2.50 bits per heavy atom. The van der Waals surface area contributed by atoms with Gasteiger partial charge in [-0.3, -0.25) is 4.79 Å². The fourth-order valence-corrected chi connectivity index (χ4v) is 0.837. The van der Waals surface area contributed by atoms with E-state index in [4.69, 9.17) is 0 Å². The van der Waals surface area contributed by atoms with Crippen LogP contribution in [0.15, 0.2) is 10.7 Å². The van der Waals surface area contributed by atoms with Crippen LogP contribution in [0, 0.1) is 0 Å². The molecular weight excluding hydrogens is 201 g/mol. The predicted molar refractivity (Wildman–Crippen MR) is 39.5 cm³/mol. The molecule has 0 fully saturated rings. The summed E-state index contributed by atoms with van der Waals surface area (Å²) < 4.78 is 40.6. The SMILES string of the molecule is CN(C)C(=O)c1cnoc1C(F)(F)F. The number of hydrogen-bond donors (Lipinski definition) is 0. The number of amides is 1. The van der Waals surface area contributed by atoms with Gasteiger partial charge < -0.3 is 9.42 Å². The van der Waals surface area contributed by atoms with Gasteiger partial charge >= 0.3 is 6.18 Å². The lowest BCUT2D eigenvalue weighted by Gasteiger charge is -2.09. The van der Waals surface area contributed by atoms with E-state index in [2.05, 4.69) is 9.68 Å². The number of rotatable bonds is 1. The summed E-state index contributed by atoms with van der Waals surface area (Å²) >= 11 is 0. The monoisotopic (exact) mass is 208 g/mol. The first-order chi connectivity index (χ1) is 6.34. The highest BCUT2D eigenvalue weighted by Crippen LogP contribution is 2.31. The Morgan fingerprint density at radius 1 is 1.50 bits per heavy atom. The van der Waals surface area contributed by atoms with Crippen LogP contribution in [-0.4, -0.2) is 30.1 Å². The number of nitrogens with zero attached hydrogens (tertiary/aromatic N) is 2. The van der Waals surface area contributed by atoms with Crippen LogP contribution in [0.3, 0.4) is 0 Å². The molecular formula is C7H7F3N2O2. The number of aromatic nitrogens is 1. The van der Waals surface area contributed by atoms with Crippen molar-refractivity contribution in [2.45, 2.75) is 6.18 Å². The Labute approximate surface area is 77.3 Å². The number of halogens is 3. The van der Waals surface area contributed by atoms with Crippen LogP contribution in [0.4, 0.5) is 13.2 Å². The molecule has 1 heterocycles. The lowest BCUT2D eigenvalue weighted by Crippen LogP contribution is -2.23. The van der Waals surface area contributed by atoms with Gasteiger partial charge in [0.2, 0.25) is 0 Å².